The number of nitrogens with two attached hydrogens (primary N) is 2. The molecule has 3 rings (SSSR count). The first-order chi connectivity index (χ1) is 14.0. The minimum atomic E-state index is -0.488. The number of amides is 2. The first-order valence-electron chi connectivity index (χ1n) is 9.66. The smallest absolute Gasteiger partial charge is 0.282 e. The van der Waals surface area contributed by atoms with E-state index in [9.17, 15) is 9.59 Å². The number of carbonyl (C=O) groups excluding carboxylic acids is 2. The van der Waals surface area contributed by atoms with Gasteiger partial charge in [0.05, 0.1) is 4.88 Å². The number of hydrogen-bond acceptors (Lipinski definition) is 3. The number of hydrogen-bond donors (Lipinski definition) is 3. The second kappa shape index (κ2) is 9.49. The lowest BCUT2D eigenvalue weighted by Gasteiger charge is -2.20. The largest absolute Gasteiger partial charge is 0.366 e. The van der Waals surface area contributed by atoms with Gasteiger partial charge in [-0.3, -0.25) is 9.59 Å². The summed E-state index contributed by atoms with van der Waals surface area (Å²) in [6.45, 7) is 4.04. The third kappa shape index (κ3) is 5.31. The van der Waals surface area contributed by atoms with Gasteiger partial charge < -0.3 is 16.4 Å². The summed E-state index contributed by atoms with van der Waals surface area (Å²) in [6.07, 6.45) is 1.00. The molecule has 2 aromatic carbocycles. The topological polar surface area (TPSA) is 88.8 Å². The van der Waals surface area contributed by atoms with Crippen LogP contribution < -0.4 is 16.4 Å². The van der Waals surface area contributed by atoms with Gasteiger partial charge in [-0.15, -0.1) is 11.3 Å². The van der Waals surface area contributed by atoms with E-state index in [-0.39, 0.29) is 18.0 Å². The maximum atomic E-state index is 12.7. The molecule has 3 aromatic rings. The van der Waals surface area contributed by atoms with Crippen LogP contribution in [0.2, 0.25) is 0 Å². The summed E-state index contributed by atoms with van der Waals surface area (Å²) in [5, 5.41) is 7.05. The zero-order valence-electron chi connectivity index (χ0n) is 16.6. The molecule has 1 aromatic heterocycles. The molecular formula is C23H26N3O2S+. The lowest BCUT2D eigenvalue weighted by Crippen LogP contribution is -2.92. The molecule has 5 nitrogen and oxygen atoms in total. The average molecular weight is 409 g/mol. The fourth-order valence-electron chi connectivity index (χ4n) is 3.15. The van der Waals surface area contributed by atoms with Crippen molar-refractivity contribution in [3.8, 4) is 0 Å². The summed E-state index contributed by atoms with van der Waals surface area (Å²) >= 11 is 1.69. The quantitative estimate of drug-likeness (QED) is 0.535. The first-order valence-corrected chi connectivity index (χ1v) is 10.5. The fourth-order valence-corrected chi connectivity index (χ4v) is 3.98. The predicted molar refractivity (Wildman–Crippen MR) is 117 cm³/mol. The highest BCUT2D eigenvalue weighted by molar-refractivity contribution is 7.10. The number of anilines is 1. The molecule has 6 heteroatoms. The molecule has 0 saturated heterocycles. The van der Waals surface area contributed by atoms with Crippen LogP contribution in [0, 0.1) is 0 Å². The van der Waals surface area contributed by atoms with Crippen molar-refractivity contribution in [3.05, 3.63) is 87.6 Å². The van der Waals surface area contributed by atoms with Crippen LogP contribution in [-0.4, -0.2) is 17.9 Å². The standard InChI is InChI=1S/C23H25N3O2S/c1-3-16-6-8-17(9-7-16)21(20-5-4-14-29-20)25-15(2)23(28)26-19-12-10-18(11-13-19)22(24)27/h4-15,21,25H,3H2,1-2H3,(H2,24,27)(H,26,28)/p+1/t15-,21-/m1/s1. The minimum Gasteiger partial charge on any atom is -0.366 e. The Labute approximate surface area is 175 Å². The highest BCUT2D eigenvalue weighted by Gasteiger charge is 2.25. The molecule has 0 spiro atoms. The van der Waals surface area contributed by atoms with Gasteiger partial charge in [-0.2, -0.15) is 0 Å². The lowest BCUT2D eigenvalue weighted by atomic mass is 10.0. The van der Waals surface area contributed by atoms with Gasteiger partial charge in [-0.1, -0.05) is 37.3 Å². The van der Waals surface area contributed by atoms with Crippen molar-refractivity contribution in [2.45, 2.75) is 32.4 Å². The number of carbonyl (C=O) groups is 2. The maximum absolute atomic E-state index is 12.7. The van der Waals surface area contributed by atoms with Crippen molar-refractivity contribution >= 4 is 28.8 Å². The Morgan fingerprint density at radius 1 is 1.07 bits per heavy atom. The number of aryl methyl sites for hydroxylation is 1. The van der Waals surface area contributed by atoms with Crippen molar-refractivity contribution in [1.82, 2.24) is 0 Å². The third-order valence-corrected chi connectivity index (χ3v) is 5.88. The number of primary amides is 1. The second-order valence-electron chi connectivity index (χ2n) is 7.00. The van der Waals surface area contributed by atoms with E-state index in [4.69, 9.17) is 5.73 Å². The molecule has 0 fully saturated rings. The summed E-state index contributed by atoms with van der Waals surface area (Å²) in [7, 11) is 0. The monoisotopic (exact) mass is 408 g/mol. The van der Waals surface area contributed by atoms with Crippen LogP contribution in [0.15, 0.2) is 66.0 Å². The van der Waals surface area contributed by atoms with E-state index in [0.717, 1.165) is 6.42 Å². The Hall–Kier alpha value is -2.96. The molecule has 0 aliphatic rings. The maximum Gasteiger partial charge on any atom is 0.282 e. The molecule has 0 radical (unpaired) electrons. The van der Waals surface area contributed by atoms with Gasteiger partial charge in [0.2, 0.25) is 5.91 Å². The average Bonchev–Trinajstić information content (AvgIpc) is 3.27. The predicted octanol–water partition coefficient (Wildman–Crippen LogP) is 3.09. The molecule has 0 bridgehead atoms. The van der Waals surface area contributed by atoms with Crippen molar-refractivity contribution in [3.63, 3.8) is 0 Å². The van der Waals surface area contributed by atoms with Gasteiger partial charge >= 0.3 is 0 Å². The van der Waals surface area contributed by atoms with Crippen molar-refractivity contribution in [1.29, 1.82) is 0 Å². The number of benzene rings is 2. The highest BCUT2D eigenvalue weighted by atomic mass is 32.1. The Bertz CT molecular complexity index is 951. The van der Waals surface area contributed by atoms with Gasteiger partial charge in [0.15, 0.2) is 6.04 Å². The number of rotatable bonds is 8. The van der Waals surface area contributed by atoms with Crippen LogP contribution >= 0.6 is 11.3 Å². The zero-order chi connectivity index (χ0) is 20.8. The van der Waals surface area contributed by atoms with Crippen LogP contribution in [0.4, 0.5) is 5.69 Å². The van der Waals surface area contributed by atoms with Crippen molar-refractivity contribution < 1.29 is 14.9 Å². The molecule has 2 amide bonds. The van der Waals surface area contributed by atoms with E-state index in [1.54, 1.807) is 35.6 Å². The van der Waals surface area contributed by atoms with Crippen LogP contribution in [0.25, 0.3) is 0 Å². The Morgan fingerprint density at radius 3 is 2.31 bits per heavy atom. The highest BCUT2D eigenvalue weighted by Crippen LogP contribution is 2.23. The SMILES string of the molecule is CCc1ccc([C@@H]([NH2+][C@H](C)C(=O)Nc2ccc(C(N)=O)cc2)c2cccs2)cc1. The van der Waals surface area contributed by atoms with Gasteiger partial charge in [0.25, 0.3) is 5.91 Å². The summed E-state index contributed by atoms with van der Waals surface area (Å²) in [6, 6.07) is 19.1. The normalized spacial score (nSPS) is 12.9. The molecule has 29 heavy (non-hydrogen) atoms. The third-order valence-electron chi connectivity index (χ3n) is 4.93. The van der Waals surface area contributed by atoms with Crippen molar-refractivity contribution in [2.75, 3.05) is 5.32 Å². The van der Waals surface area contributed by atoms with Gasteiger partial charge in [-0.25, -0.2) is 0 Å². The number of thiophene rings is 1. The first kappa shape index (κ1) is 20.8. The molecule has 0 aliphatic carbocycles. The molecule has 5 N–H and O–H groups in total. The summed E-state index contributed by atoms with van der Waals surface area (Å²) < 4.78 is 0. The van der Waals surface area contributed by atoms with E-state index < -0.39 is 5.91 Å². The zero-order valence-corrected chi connectivity index (χ0v) is 17.4. The molecule has 2 atom stereocenters. The Kier molecular flexibility index (Phi) is 6.80. The minimum absolute atomic E-state index is 0.0545. The van der Waals surface area contributed by atoms with E-state index in [1.807, 2.05) is 13.0 Å². The Morgan fingerprint density at radius 2 is 1.76 bits per heavy atom. The van der Waals surface area contributed by atoms with Gasteiger partial charge in [-0.05, 0) is 54.6 Å². The fraction of sp³-hybridized carbons (Fsp3) is 0.217. The van der Waals surface area contributed by atoms with E-state index in [1.165, 1.54) is 16.0 Å². The molecule has 0 saturated carbocycles. The van der Waals surface area contributed by atoms with Gasteiger partial charge in [0.1, 0.15) is 6.04 Å². The van der Waals surface area contributed by atoms with Crippen molar-refractivity contribution in [2.24, 2.45) is 5.73 Å². The van der Waals surface area contributed by atoms with E-state index in [0.29, 0.717) is 11.3 Å². The van der Waals surface area contributed by atoms with Crippen LogP contribution in [0.3, 0.4) is 0 Å². The van der Waals surface area contributed by atoms with Crippen LogP contribution in [0.1, 0.15) is 46.3 Å². The molecule has 1 heterocycles. The lowest BCUT2D eigenvalue weighted by molar-refractivity contribution is -0.703. The number of nitrogens with one attached hydrogen (secondary N) is 1. The van der Waals surface area contributed by atoms with Crippen LogP contribution in [-0.2, 0) is 11.2 Å². The van der Waals surface area contributed by atoms with Gasteiger partial charge in [0, 0.05) is 16.8 Å². The van der Waals surface area contributed by atoms with E-state index in [2.05, 4.69) is 53.3 Å². The number of quaternary nitrogens is 1. The van der Waals surface area contributed by atoms with E-state index >= 15 is 0 Å². The summed E-state index contributed by atoms with van der Waals surface area (Å²) in [5.74, 6) is -0.582. The summed E-state index contributed by atoms with van der Waals surface area (Å²) in [5.41, 5.74) is 8.78. The second-order valence-corrected chi connectivity index (χ2v) is 7.98. The summed E-state index contributed by atoms with van der Waals surface area (Å²) in [4.78, 5) is 25.1. The molecule has 150 valence electrons. The molecule has 0 aliphatic heterocycles. The molecule has 0 unspecified atom stereocenters. The molecular weight excluding hydrogens is 382 g/mol. The van der Waals surface area contributed by atoms with Crippen LogP contribution in [0.5, 0.6) is 0 Å². The Balaban J connectivity index is 1.72.